The van der Waals surface area contributed by atoms with E-state index < -0.39 is 28.9 Å². The van der Waals surface area contributed by atoms with E-state index in [4.69, 9.17) is 0 Å². The third kappa shape index (κ3) is 3.88. The molecule has 1 N–H and O–H groups in total. The Bertz CT molecular complexity index is 705. The number of halogens is 4. The van der Waals surface area contributed by atoms with Crippen molar-refractivity contribution in [2.45, 2.75) is 25.4 Å². The summed E-state index contributed by atoms with van der Waals surface area (Å²) in [6.45, 7) is 3.23. The van der Waals surface area contributed by atoms with E-state index in [1.165, 1.54) is 36.4 Å². The van der Waals surface area contributed by atoms with E-state index in [0.717, 1.165) is 12.1 Å². The van der Waals surface area contributed by atoms with Crippen molar-refractivity contribution in [3.8, 4) is 0 Å². The van der Waals surface area contributed by atoms with Crippen molar-refractivity contribution in [3.63, 3.8) is 0 Å². The molecule has 2 aromatic rings. The first kappa shape index (κ1) is 17.0. The zero-order valence-electron chi connectivity index (χ0n) is 12.5. The molecule has 0 aliphatic carbocycles. The van der Waals surface area contributed by atoms with Crippen LogP contribution >= 0.6 is 0 Å². The van der Waals surface area contributed by atoms with Crippen LogP contribution in [-0.4, -0.2) is 5.91 Å². The van der Waals surface area contributed by atoms with Gasteiger partial charge in [0.25, 0.3) is 0 Å². The summed E-state index contributed by atoms with van der Waals surface area (Å²) in [7, 11) is 0. The van der Waals surface area contributed by atoms with Gasteiger partial charge in [0.1, 0.15) is 5.82 Å². The molecule has 2 rings (SSSR count). The zero-order chi connectivity index (χ0) is 17.3. The molecule has 0 saturated heterocycles. The molecule has 1 amide bonds. The van der Waals surface area contributed by atoms with Crippen LogP contribution < -0.4 is 5.32 Å². The molecule has 122 valence electrons. The molecule has 6 heteroatoms. The fourth-order valence-corrected chi connectivity index (χ4v) is 2.06. The van der Waals surface area contributed by atoms with E-state index in [1.807, 2.05) is 0 Å². The van der Waals surface area contributed by atoms with Gasteiger partial charge in [-0.05, 0) is 49.7 Å². The highest BCUT2D eigenvalue weighted by Gasteiger charge is 2.32. The van der Waals surface area contributed by atoms with Crippen molar-refractivity contribution in [2.24, 2.45) is 0 Å². The number of alkyl halides is 3. The molecule has 0 bridgehead atoms. The van der Waals surface area contributed by atoms with Crippen molar-refractivity contribution in [1.29, 1.82) is 0 Å². The SMILES string of the molecule is CC(C)(C(=O)Nc1cccc(C(F)(F)F)c1)c1ccc(F)cc1. The van der Waals surface area contributed by atoms with E-state index in [0.29, 0.717) is 5.56 Å². The minimum absolute atomic E-state index is 0.0556. The number of hydrogen-bond donors (Lipinski definition) is 1. The Morgan fingerprint density at radius 2 is 1.57 bits per heavy atom. The van der Waals surface area contributed by atoms with Crippen LogP contribution in [0.4, 0.5) is 23.2 Å². The van der Waals surface area contributed by atoms with Gasteiger partial charge in [0.2, 0.25) is 5.91 Å². The van der Waals surface area contributed by atoms with Crippen LogP contribution in [0.3, 0.4) is 0 Å². The molecule has 23 heavy (non-hydrogen) atoms. The average molecular weight is 325 g/mol. The van der Waals surface area contributed by atoms with Gasteiger partial charge in [-0.2, -0.15) is 13.2 Å². The standard InChI is InChI=1S/C17H15F4NO/c1-16(2,11-6-8-13(18)9-7-11)15(23)22-14-5-3-4-12(10-14)17(19,20)21/h3-10H,1-2H3,(H,22,23). The molecule has 0 fully saturated rings. The molecule has 0 heterocycles. The number of nitrogens with one attached hydrogen (secondary N) is 1. The number of amides is 1. The molecular weight excluding hydrogens is 310 g/mol. The number of rotatable bonds is 3. The second kappa shape index (κ2) is 6.02. The Morgan fingerprint density at radius 3 is 2.13 bits per heavy atom. The van der Waals surface area contributed by atoms with Gasteiger partial charge in [-0.25, -0.2) is 4.39 Å². The van der Waals surface area contributed by atoms with Gasteiger partial charge in [-0.1, -0.05) is 18.2 Å². The highest BCUT2D eigenvalue weighted by atomic mass is 19.4. The number of carbonyl (C=O) groups excluding carboxylic acids is 1. The first-order valence-corrected chi connectivity index (χ1v) is 6.85. The van der Waals surface area contributed by atoms with E-state index >= 15 is 0 Å². The normalized spacial score (nSPS) is 12.1. The topological polar surface area (TPSA) is 29.1 Å². The Balaban J connectivity index is 2.23. The summed E-state index contributed by atoms with van der Waals surface area (Å²) in [5.74, 6) is -0.911. The summed E-state index contributed by atoms with van der Waals surface area (Å²) < 4.78 is 51.1. The lowest BCUT2D eigenvalue weighted by Crippen LogP contribution is -2.34. The van der Waals surface area contributed by atoms with Crippen molar-refractivity contribution in [3.05, 3.63) is 65.5 Å². The van der Waals surface area contributed by atoms with Gasteiger partial charge < -0.3 is 5.32 Å². The van der Waals surface area contributed by atoms with Crippen LogP contribution in [0.25, 0.3) is 0 Å². The zero-order valence-corrected chi connectivity index (χ0v) is 12.5. The smallest absolute Gasteiger partial charge is 0.325 e. The van der Waals surface area contributed by atoms with Gasteiger partial charge >= 0.3 is 6.18 Å². The number of benzene rings is 2. The largest absolute Gasteiger partial charge is 0.416 e. The van der Waals surface area contributed by atoms with Crippen molar-refractivity contribution < 1.29 is 22.4 Å². The van der Waals surface area contributed by atoms with Crippen LogP contribution in [0.5, 0.6) is 0 Å². The quantitative estimate of drug-likeness (QED) is 0.810. The molecule has 0 aliphatic rings. The second-order valence-corrected chi connectivity index (χ2v) is 5.66. The van der Waals surface area contributed by atoms with E-state index in [9.17, 15) is 22.4 Å². The van der Waals surface area contributed by atoms with Crippen LogP contribution in [0, 0.1) is 5.82 Å². The van der Waals surface area contributed by atoms with Crippen LogP contribution in [-0.2, 0) is 16.4 Å². The molecule has 0 aromatic heterocycles. The molecule has 0 aliphatic heterocycles. The Morgan fingerprint density at radius 1 is 0.957 bits per heavy atom. The summed E-state index contributed by atoms with van der Waals surface area (Å²) in [5, 5.41) is 2.48. The Hall–Kier alpha value is -2.37. The summed E-state index contributed by atoms with van der Waals surface area (Å²) >= 11 is 0. The molecule has 0 radical (unpaired) electrons. The highest BCUT2D eigenvalue weighted by Crippen LogP contribution is 2.31. The van der Waals surface area contributed by atoms with Gasteiger partial charge in [0, 0.05) is 5.69 Å². The first-order chi connectivity index (χ1) is 10.6. The maximum Gasteiger partial charge on any atom is 0.416 e. The first-order valence-electron chi connectivity index (χ1n) is 6.85. The Kier molecular flexibility index (Phi) is 4.45. The number of hydrogen-bond acceptors (Lipinski definition) is 1. The van der Waals surface area contributed by atoms with Gasteiger partial charge in [0.05, 0.1) is 11.0 Å². The van der Waals surface area contributed by atoms with E-state index in [1.54, 1.807) is 13.8 Å². The molecule has 0 atom stereocenters. The average Bonchev–Trinajstić information content (AvgIpc) is 2.47. The highest BCUT2D eigenvalue weighted by molar-refractivity contribution is 5.98. The summed E-state index contributed by atoms with van der Waals surface area (Å²) in [6.07, 6.45) is -4.48. The lowest BCUT2D eigenvalue weighted by atomic mass is 9.83. The fraction of sp³-hybridized carbons (Fsp3) is 0.235. The number of carbonyl (C=O) groups is 1. The lowest BCUT2D eigenvalue weighted by molar-refractivity contribution is -0.137. The summed E-state index contributed by atoms with van der Waals surface area (Å²) in [5.41, 5.74) is -1.25. The molecule has 0 unspecified atom stereocenters. The molecule has 2 nitrogen and oxygen atoms in total. The van der Waals surface area contributed by atoms with Gasteiger partial charge in [-0.3, -0.25) is 4.79 Å². The van der Waals surface area contributed by atoms with Gasteiger partial charge in [0.15, 0.2) is 0 Å². The lowest BCUT2D eigenvalue weighted by Gasteiger charge is -2.24. The van der Waals surface area contributed by atoms with Crippen LogP contribution in [0.15, 0.2) is 48.5 Å². The predicted molar refractivity (Wildman–Crippen MR) is 79.5 cm³/mol. The molecule has 0 saturated carbocycles. The minimum Gasteiger partial charge on any atom is -0.325 e. The van der Waals surface area contributed by atoms with E-state index in [2.05, 4.69) is 5.32 Å². The molecular formula is C17H15F4NO. The minimum atomic E-state index is -4.48. The third-order valence-electron chi connectivity index (χ3n) is 3.58. The molecule has 2 aromatic carbocycles. The summed E-state index contributed by atoms with van der Waals surface area (Å²) in [6, 6.07) is 9.82. The number of anilines is 1. The molecule has 0 spiro atoms. The van der Waals surface area contributed by atoms with Crippen molar-refractivity contribution >= 4 is 11.6 Å². The summed E-state index contributed by atoms with van der Waals surface area (Å²) in [4.78, 5) is 12.4. The van der Waals surface area contributed by atoms with Crippen molar-refractivity contribution in [2.75, 3.05) is 5.32 Å². The fourth-order valence-electron chi connectivity index (χ4n) is 2.06. The van der Waals surface area contributed by atoms with Crippen molar-refractivity contribution in [1.82, 2.24) is 0 Å². The maximum absolute atomic E-state index is 13.0. The van der Waals surface area contributed by atoms with E-state index in [-0.39, 0.29) is 5.69 Å². The van der Waals surface area contributed by atoms with Gasteiger partial charge in [-0.15, -0.1) is 0 Å². The van der Waals surface area contributed by atoms with Crippen LogP contribution in [0.2, 0.25) is 0 Å². The van der Waals surface area contributed by atoms with Crippen LogP contribution in [0.1, 0.15) is 25.0 Å². The Labute approximate surface area is 131 Å². The second-order valence-electron chi connectivity index (χ2n) is 5.66. The third-order valence-corrected chi connectivity index (χ3v) is 3.58. The monoisotopic (exact) mass is 325 g/mol. The maximum atomic E-state index is 13.0. The predicted octanol–water partition coefficient (Wildman–Crippen LogP) is 4.76.